The van der Waals surface area contributed by atoms with Crippen molar-refractivity contribution in [3.8, 4) is 0 Å². The van der Waals surface area contributed by atoms with Crippen molar-refractivity contribution in [1.82, 2.24) is 15.0 Å². The van der Waals surface area contributed by atoms with E-state index in [-0.39, 0.29) is 5.54 Å². The number of aliphatic imine (C=N–C) groups is 1. The first-order valence-corrected chi connectivity index (χ1v) is 14.3. The summed E-state index contributed by atoms with van der Waals surface area (Å²) in [5, 5.41) is 6.33. The molecule has 2 unspecified atom stereocenters. The molecule has 1 saturated heterocycles. The number of guanidine groups is 1. The van der Waals surface area contributed by atoms with Crippen molar-refractivity contribution in [2.45, 2.75) is 62.6 Å². The first-order chi connectivity index (χ1) is 16.2. The number of aromatic nitrogens is 1. The van der Waals surface area contributed by atoms with Gasteiger partial charge in [0.05, 0.1) is 22.0 Å². The highest BCUT2D eigenvalue weighted by Crippen LogP contribution is 2.50. The molecule has 1 aromatic carbocycles. The molecule has 2 N–H and O–H groups in total. The summed E-state index contributed by atoms with van der Waals surface area (Å²) in [6.45, 7) is 9.54. The van der Waals surface area contributed by atoms with Gasteiger partial charge in [-0.1, -0.05) is 0 Å². The number of sulfonamides is 1. The maximum Gasteiger partial charge on any atom is 0.241 e. The second-order valence-electron chi connectivity index (χ2n) is 10.2. The molecule has 2 atom stereocenters. The molecule has 0 bridgehead atoms. The topological polar surface area (TPSA) is 93.2 Å². The highest BCUT2D eigenvalue weighted by Gasteiger charge is 2.44. The smallest absolute Gasteiger partial charge is 0.241 e. The van der Waals surface area contributed by atoms with E-state index in [4.69, 9.17) is 4.99 Å². The average molecular weight is 502 g/mol. The first kappa shape index (κ1) is 22.3. The van der Waals surface area contributed by atoms with Crippen LogP contribution in [-0.4, -0.2) is 63.2 Å². The number of fused-ring (bicyclic) bond motifs is 3. The van der Waals surface area contributed by atoms with Crippen LogP contribution < -0.4 is 24.7 Å². The fourth-order valence-corrected chi connectivity index (χ4v) is 7.39. The normalized spacial score (nSPS) is 25.7. The molecule has 3 aliphatic heterocycles. The van der Waals surface area contributed by atoms with Crippen molar-refractivity contribution in [2.75, 3.05) is 40.9 Å². The Kier molecular flexibility index (Phi) is 5.18. The van der Waals surface area contributed by atoms with Crippen molar-refractivity contribution in [1.29, 1.82) is 0 Å². The van der Waals surface area contributed by atoms with Crippen molar-refractivity contribution >= 4 is 49.5 Å². The Morgan fingerprint density at radius 1 is 1.18 bits per heavy atom. The summed E-state index contributed by atoms with van der Waals surface area (Å²) >= 11 is 1.53. The Morgan fingerprint density at radius 2 is 1.91 bits per heavy atom. The Hall–Kier alpha value is -2.21. The summed E-state index contributed by atoms with van der Waals surface area (Å²) in [5.41, 5.74) is 2.49. The van der Waals surface area contributed by atoms with Crippen LogP contribution in [0.25, 0.3) is 0 Å². The minimum absolute atomic E-state index is 0.300. The summed E-state index contributed by atoms with van der Waals surface area (Å²) < 4.78 is 30.0. The van der Waals surface area contributed by atoms with E-state index in [0.717, 1.165) is 73.6 Å². The van der Waals surface area contributed by atoms with E-state index >= 15 is 0 Å². The predicted octanol–water partition coefficient (Wildman–Crippen LogP) is 2.88. The molecule has 0 radical (unpaired) electrons. The van der Waals surface area contributed by atoms with E-state index in [2.05, 4.69) is 38.7 Å². The van der Waals surface area contributed by atoms with Crippen LogP contribution in [0.5, 0.6) is 0 Å². The van der Waals surface area contributed by atoms with Crippen LogP contribution in [0.15, 0.2) is 33.6 Å². The standard InChI is InChI=1S/C23H31N7O2S2/c1-15-13-28(14-16(2)26-15)18-11-17(34(31,32)27-23(3)5-6-23)12-19-20(18)29-9-4-7-24-21(29)30(19)22-25-8-10-33-22/h8,10-12,15-16,26-27H,4-7,9,13-14H2,1-3H3. The predicted molar refractivity (Wildman–Crippen MR) is 137 cm³/mol. The number of thiazole rings is 1. The highest BCUT2D eigenvalue weighted by atomic mass is 32.2. The molecule has 34 heavy (non-hydrogen) atoms. The largest absolute Gasteiger partial charge is 0.367 e. The van der Waals surface area contributed by atoms with E-state index in [0.29, 0.717) is 17.0 Å². The summed E-state index contributed by atoms with van der Waals surface area (Å²) in [5.74, 6) is 0.838. The number of anilines is 4. The lowest BCUT2D eigenvalue weighted by Gasteiger charge is -2.39. The molecule has 4 aliphatic rings. The number of hydrogen-bond donors (Lipinski definition) is 2. The molecule has 2 fully saturated rings. The van der Waals surface area contributed by atoms with Gasteiger partial charge in [0, 0.05) is 55.4 Å². The van der Waals surface area contributed by atoms with Crippen LogP contribution in [0.2, 0.25) is 0 Å². The van der Waals surface area contributed by atoms with Crippen molar-refractivity contribution in [3.05, 3.63) is 23.7 Å². The monoisotopic (exact) mass is 501 g/mol. The van der Waals surface area contributed by atoms with E-state index in [1.165, 1.54) is 11.3 Å². The molecule has 4 heterocycles. The van der Waals surface area contributed by atoms with Gasteiger partial charge in [0.2, 0.25) is 16.0 Å². The molecule has 1 aromatic heterocycles. The van der Waals surface area contributed by atoms with Gasteiger partial charge in [0.25, 0.3) is 0 Å². The molecule has 2 aromatic rings. The first-order valence-electron chi connectivity index (χ1n) is 12.0. The number of nitrogens with zero attached hydrogens (tertiary/aromatic N) is 5. The number of piperazine rings is 1. The van der Waals surface area contributed by atoms with Crippen LogP contribution in [0.4, 0.5) is 22.2 Å². The molecule has 1 aliphatic carbocycles. The van der Waals surface area contributed by atoms with Crippen molar-refractivity contribution in [2.24, 2.45) is 4.99 Å². The van der Waals surface area contributed by atoms with Gasteiger partial charge >= 0.3 is 0 Å². The maximum atomic E-state index is 13.5. The average Bonchev–Trinajstić information content (AvgIpc) is 3.17. The number of rotatable bonds is 5. The van der Waals surface area contributed by atoms with E-state index in [9.17, 15) is 8.42 Å². The summed E-state index contributed by atoms with van der Waals surface area (Å²) in [4.78, 5) is 16.3. The van der Waals surface area contributed by atoms with E-state index < -0.39 is 10.0 Å². The van der Waals surface area contributed by atoms with Crippen LogP contribution in [0.3, 0.4) is 0 Å². The molecule has 9 nitrogen and oxygen atoms in total. The maximum absolute atomic E-state index is 13.5. The molecule has 182 valence electrons. The van der Waals surface area contributed by atoms with Gasteiger partial charge in [-0.15, -0.1) is 11.3 Å². The fraction of sp³-hybridized carbons (Fsp3) is 0.565. The lowest BCUT2D eigenvalue weighted by Crippen LogP contribution is -2.54. The summed E-state index contributed by atoms with van der Waals surface area (Å²) in [6.07, 6.45) is 4.48. The molecule has 0 amide bonds. The molecule has 1 saturated carbocycles. The number of hydrogen-bond acceptors (Lipinski definition) is 9. The van der Waals surface area contributed by atoms with Crippen LogP contribution in [0.1, 0.15) is 40.0 Å². The second kappa shape index (κ2) is 7.91. The minimum atomic E-state index is -3.68. The zero-order chi connectivity index (χ0) is 23.7. The highest BCUT2D eigenvalue weighted by molar-refractivity contribution is 7.89. The zero-order valence-electron chi connectivity index (χ0n) is 19.8. The molecular weight excluding hydrogens is 470 g/mol. The lowest BCUT2D eigenvalue weighted by atomic mass is 10.1. The Labute approximate surface area is 204 Å². The molecule has 6 rings (SSSR count). The Balaban J connectivity index is 1.55. The summed E-state index contributed by atoms with van der Waals surface area (Å²) in [7, 11) is -3.68. The number of benzene rings is 1. The minimum Gasteiger partial charge on any atom is -0.367 e. The van der Waals surface area contributed by atoms with Gasteiger partial charge in [0.15, 0.2) is 5.13 Å². The third-order valence-electron chi connectivity index (χ3n) is 6.99. The molecule has 11 heteroatoms. The van der Waals surface area contributed by atoms with Crippen LogP contribution >= 0.6 is 11.3 Å². The SMILES string of the molecule is CC1CN(c2cc(S(=O)(=O)NC3(C)CC3)cc3c2N2CCCN=C2N3c2nccs2)CC(C)N1. The Morgan fingerprint density at radius 3 is 2.59 bits per heavy atom. The second-order valence-corrected chi connectivity index (χ2v) is 12.7. The van der Waals surface area contributed by atoms with E-state index in [1.54, 1.807) is 6.20 Å². The van der Waals surface area contributed by atoms with Crippen molar-refractivity contribution in [3.63, 3.8) is 0 Å². The third-order valence-corrected chi connectivity index (χ3v) is 9.36. The zero-order valence-corrected chi connectivity index (χ0v) is 21.4. The van der Waals surface area contributed by atoms with Gasteiger partial charge in [-0.05, 0) is 52.2 Å². The Bertz CT molecular complexity index is 1230. The third kappa shape index (κ3) is 3.78. The van der Waals surface area contributed by atoms with Crippen LogP contribution in [0, 0.1) is 0 Å². The van der Waals surface area contributed by atoms with Gasteiger partial charge in [-0.25, -0.2) is 18.1 Å². The van der Waals surface area contributed by atoms with Gasteiger partial charge in [-0.3, -0.25) is 9.89 Å². The van der Waals surface area contributed by atoms with Gasteiger partial charge in [-0.2, -0.15) is 0 Å². The molecule has 0 spiro atoms. The van der Waals surface area contributed by atoms with Gasteiger partial charge < -0.3 is 15.1 Å². The van der Waals surface area contributed by atoms with Crippen molar-refractivity contribution < 1.29 is 8.42 Å². The quantitative estimate of drug-likeness (QED) is 0.651. The van der Waals surface area contributed by atoms with Gasteiger partial charge in [0.1, 0.15) is 0 Å². The number of nitrogens with one attached hydrogen (secondary N) is 2. The van der Waals surface area contributed by atoms with Crippen LogP contribution in [-0.2, 0) is 10.0 Å². The fourth-order valence-electron chi connectivity index (χ4n) is 5.24. The molecular formula is C23H31N7O2S2. The summed E-state index contributed by atoms with van der Waals surface area (Å²) in [6, 6.07) is 4.28. The van der Waals surface area contributed by atoms with E-state index in [1.807, 2.05) is 29.3 Å². The lowest BCUT2D eigenvalue weighted by molar-refractivity contribution is 0.407.